The van der Waals surface area contributed by atoms with Crippen LogP contribution in [0, 0.1) is 11.6 Å². The summed E-state index contributed by atoms with van der Waals surface area (Å²) >= 11 is 1.00. The average Bonchev–Trinajstić information content (AvgIpc) is 2.97. The van der Waals surface area contributed by atoms with Gasteiger partial charge in [0.15, 0.2) is 10.9 Å². The quantitative estimate of drug-likeness (QED) is 0.602. The van der Waals surface area contributed by atoms with E-state index < -0.39 is 17.5 Å². The third-order valence-corrected chi connectivity index (χ3v) is 4.28. The normalized spacial score (nSPS) is 11.1. The number of nitrogens with one attached hydrogen (secondary N) is 1. The van der Waals surface area contributed by atoms with Gasteiger partial charge in [0.05, 0.1) is 15.7 Å². The summed E-state index contributed by atoms with van der Waals surface area (Å²) in [5.41, 5.74) is 1.66. The molecule has 2 aromatic heterocycles. The molecule has 4 aromatic rings. The molecule has 2 heterocycles. The van der Waals surface area contributed by atoms with E-state index in [1.807, 2.05) is 0 Å². The van der Waals surface area contributed by atoms with Crippen molar-refractivity contribution in [3.8, 4) is 0 Å². The lowest BCUT2D eigenvalue weighted by atomic mass is 10.2. The second-order valence-corrected chi connectivity index (χ2v) is 6.00. The largest absolute Gasteiger partial charge is 0.298 e. The minimum atomic E-state index is -0.761. The topological polar surface area (TPSA) is 67.8 Å². The molecule has 0 fully saturated rings. The molecule has 0 unspecified atom stereocenters. The van der Waals surface area contributed by atoms with Gasteiger partial charge < -0.3 is 0 Å². The van der Waals surface area contributed by atoms with Gasteiger partial charge in [-0.05, 0) is 24.3 Å². The molecule has 0 radical (unpaired) electrons. The Morgan fingerprint density at radius 3 is 2.67 bits per heavy atom. The van der Waals surface area contributed by atoms with Crippen LogP contribution in [0.15, 0.2) is 42.7 Å². The number of carbonyl (C=O) groups is 1. The second-order valence-electron chi connectivity index (χ2n) is 4.97. The van der Waals surface area contributed by atoms with Crippen LogP contribution < -0.4 is 5.32 Å². The predicted octanol–water partition coefficient (Wildman–Crippen LogP) is 3.77. The van der Waals surface area contributed by atoms with E-state index in [4.69, 9.17) is 0 Å². The Kier molecular flexibility index (Phi) is 3.39. The molecule has 0 saturated carbocycles. The number of hydrogen-bond acceptors (Lipinski definition) is 5. The molecule has 4 rings (SSSR count). The van der Waals surface area contributed by atoms with Crippen LogP contribution in [-0.4, -0.2) is 20.9 Å². The Morgan fingerprint density at radius 1 is 1.04 bits per heavy atom. The summed E-state index contributed by atoms with van der Waals surface area (Å²) in [7, 11) is 0. The molecule has 0 aliphatic heterocycles. The fourth-order valence-corrected chi connectivity index (χ4v) is 3.18. The van der Waals surface area contributed by atoms with Gasteiger partial charge in [-0.25, -0.2) is 13.8 Å². The van der Waals surface area contributed by atoms with Crippen molar-refractivity contribution >= 4 is 43.6 Å². The van der Waals surface area contributed by atoms with Crippen molar-refractivity contribution in [2.75, 3.05) is 5.32 Å². The van der Waals surface area contributed by atoms with E-state index in [9.17, 15) is 13.6 Å². The van der Waals surface area contributed by atoms with Crippen LogP contribution >= 0.6 is 11.3 Å². The van der Waals surface area contributed by atoms with Crippen molar-refractivity contribution in [3.63, 3.8) is 0 Å². The van der Waals surface area contributed by atoms with E-state index in [0.29, 0.717) is 21.3 Å². The maximum absolute atomic E-state index is 13.7. The first-order chi connectivity index (χ1) is 11.6. The molecule has 0 aliphatic carbocycles. The zero-order chi connectivity index (χ0) is 16.7. The maximum Gasteiger partial charge on any atom is 0.257 e. The minimum absolute atomic E-state index is 0.0288. The van der Waals surface area contributed by atoms with Gasteiger partial charge in [0.2, 0.25) is 0 Å². The van der Waals surface area contributed by atoms with Crippen LogP contribution in [0.3, 0.4) is 0 Å². The summed E-state index contributed by atoms with van der Waals surface area (Å²) in [6.07, 6.45) is 3.10. The number of nitrogens with zero attached hydrogens (tertiary/aromatic N) is 3. The molecule has 118 valence electrons. The van der Waals surface area contributed by atoms with E-state index >= 15 is 0 Å². The fraction of sp³-hybridized carbons (Fsp3) is 0. The summed E-state index contributed by atoms with van der Waals surface area (Å²) < 4.78 is 27.2. The number of aromatic nitrogens is 3. The Labute approximate surface area is 138 Å². The standard InChI is InChI=1S/C16H8F2N4OS/c17-9-6-10(18)14-13(7-9)24-16(21-14)22-15(23)8-1-2-11-12(5-8)20-4-3-19-11/h1-7H,(H,21,22,23). The zero-order valence-corrected chi connectivity index (χ0v) is 12.8. The Morgan fingerprint density at radius 2 is 1.83 bits per heavy atom. The van der Waals surface area contributed by atoms with Crippen molar-refractivity contribution in [1.82, 2.24) is 15.0 Å². The SMILES string of the molecule is O=C(Nc1nc2c(F)cc(F)cc2s1)c1ccc2nccnc2c1. The number of halogens is 2. The predicted molar refractivity (Wildman–Crippen MR) is 87.0 cm³/mol. The molecule has 1 N–H and O–H groups in total. The number of benzene rings is 2. The first-order valence-corrected chi connectivity index (χ1v) is 7.69. The molecular weight excluding hydrogens is 334 g/mol. The van der Waals surface area contributed by atoms with Crippen LogP contribution in [-0.2, 0) is 0 Å². The summed E-state index contributed by atoms with van der Waals surface area (Å²) in [5, 5.41) is 2.78. The first kappa shape index (κ1) is 14.6. The number of carbonyl (C=O) groups excluding carboxylic acids is 1. The van der Waals surface area contributed by atoms with Crippen LogP contribution in [0.25, 0.3) is 21.3 Å². The highest BCUT2D eigenvalue weighted by atomic mass is 32.1. The van der Waals surface area contributed by atoms with Crippen LogP contribution in [0.2, 0.25) is 0 Å². The number of thiazole rings is 1. The highest BCUT2D eigenvalue weighted by Gasteiger charge is 2.14. The van der Waals surface area contributed by atoms with Gasteiger partial charge in [-0.3, -0.25) is 20.1 Å². The van der Waals surface area contributed by atoms with E-state index in [1.54, 1.807) is 24.4 Å². The van der Waals surface area contributed by atoms with Crippen LogP contribution in [0.1, 0.15) is 10.4 Å². The van der Waals surface area contributed by atoms with Crippen LogP contribution in [0.5, 0.6) is 0 Å². The zero-order valence-electron chi connectivity index (χ0n) is 12.0. The molecule has 0 spiro atoms. The van der Waals surface area contributed by atoms with Crippen molar-refractivity contribution in [2.45, 2.75) is 0 Å². The van der Waals surface area contributed by atoms with Gasteiger partial charge in [0, 0.05) is 24.0 Å². The smallest absolute Gasteiger partial charge is 0.257 e. The number of fused-ring (bicyclic) bond motifs is 2. The highest BCUT2D eigenvalue weighted by molar-refractivity contribution is 7.22. The second kappa shape index (κ2) is 5.57. The molecule has 1 amide bonds. The molecule has 0 bridgehead atoms. The molecule has 24 heavy (non-hydrogen) atoms. The summed E-state index contributed by atoms with van der Waals surface area (Å²) in [5.74, 6) is -1.86. The molecule has 8 heteroatoms. The molecule has 2 aromatic carbocycles. The third kappa shape index (κ3) is 2.56. The molecule has 5 nitrogen and oxygen atoms in total. The van der Waals surface area contributed by atoms with Gasteiger partial charge in [0.25, 0.3) is 5.91 Å². The number of rotatable bonds is 2. The number of amides is 1. The van der Waals surface area contributed by atoms with Gasteiger partial charge >= 0.3 is 0 Å². The van der Waals surface area contributed by atoms with Crippen molar-refractivity contribution in [2.24, 2.45) is 0 Å². The average molecular weight is 342 g/mol. The number of anilines is 1. The lowest BCUT2D eigenvalue weighted by Crippen LogP contribution is -2.11. The van der Waals surface area contributed by atoms with E-state index in [2.05, 4.69) is 20.3 Å². The Balaban J connectivity index is 1.66. The lowest BCUT2D eigenvalue weighted by molar-refractivity contribution is 0.102. The third-order valence-electron chi connectivity index (χ3n) is 3.37. The van der Waals surface area contributed by atoms with E-state index in [0.717, 1.165) is 17.4 Å². The first-order valence-electron chi connectivity index (χ1n) is 6.88. The fourth-order valence-electron chi connectivity index (χ4n) is 2.28. The molecular formula is C16H8F2N4OS. The monoisotopic (exact) mass is 342 g/mol. The van der Waals surface area contributed by atoms with Gasteiger partial charge in [-0.2, -0.15) is 0 Å². The van der Waals surface area contributed by atoms with Gasteiger partial charge in [-0.15, -0.1) is 0 Å². The van der Waals surface area contributed by atoms with Gasteiger partial charge in [-0.1, -0.05) is 11.3 Å². The Bertz CT molecular complexity index is 1100. The molecule has 0 aliphatic rings. The van der Waals surface area contributed by atoms with Gasteiger partial charge in [0.1, 0.15) is 11.3 Å². The summed E-state index contributed by atoms with van der Waals surface area (Å²) in [4.78, 5) is 24.6. The van der Waals surface area contributed by atoms with E-state index in [1.165, 1.54) is 12.3 Å². The number of hydrogen-bond donors (Lipinski definition) is 1. The van der Waals surface area contributed by atoms with E-state index in [-0.39, 0.29) is 10.6 Å². The van der Waals surface area contributed by atoms with Crippen molar-refractivity contribution in [3.05, 3.63) is 59.9 Å². The lowest BCUT2D eigenvalue weighted by Gasteiger charge is -2.02. The maximum atomic E-state index is 13.7. The summed E-state index contributed by atoms with van der Waals surface area (Å²) in [6.45, 7) is 0. The highest BCUT2D eigenvalue weighted by Crippen LogP contribution is 2.29. The molecule has 0 saturated heterocycles. The Hall–Kier alpha value is -3.00. The van der Waals surface area contributed by atoms with Crippen LogP contribution in [0.4, 0.5) is 13.9 Å². The van der Waals surface area contributed by atoms with Crippen molar-refractivity contribution < 1.29 is 13.6 Å². The van der Waals surface area contributed by atoms with Crippen molar-refractivity contribution in [1.29, 1.82) is 0 Å². The minimum Gasteiger partial charge on any atom is -0.298 e. The summed E-state index contributed by atoms with van der Waals surface area (Å²) in [6, 6.07) is 6.84. The molecule has 0 atom stereocenters.